The fraction of sp³-hybridized carbons (Fsp3) is 0.947. The summed E-state index contributed by atoms with van der Waals surface area (Å²) in [5, 5.41) is 11.0. The fourth-order valence-corrected chi connectivity index (χ4v) is 7.94. The highest BCUT2D eigenvalue weighted by molar-refractivity contribution is 9.10. The minimum absolute atomic E-state index is 0.0188. The largest absolute Gasteiger partial charge is 0.393 e. The summed E-state index contributed by atoms with van der Waals surface area (Å²) in [6, 6.07) is 0. The highest BCUT2D eigenvalue weighted by Gasteiger charge is 2.63. The lowest BCUT2D eigenvalue weighted by atomic mass is 9.44. The molecule has 0 aliphatic heterocycles. The van der Waals surface area contributed by atoms with Crippen LogP contribution in [0.25, 0.3) is 0 Å². The molecule has 4 saturated carbocycles. The second kappa shape index (κ2) is 5.05. The number of aliphatic hydroxyl groups is 1. The average Bonchev–Trinajstić information content (AvgIpc) is 2.71. The molecular formula is C19H29BrO2. The Balaban J connectivity index is 1.71. The number of hydrogen-bond donors (Lipinski definition) is 1. The fourth-order valence-electron chi connectivity index (χ4n) is 7.01. The van der Waals surface area contributed by atoms with Gasteiger partial charge in [0, 0.05) is 5.41 Å². The van der Waals surface area contributed by atoms with Gasteiger partial charge in [0.15, 0.2) is 5.78 Å². The highest BCUT2D eigenvalue weighted by atomic mass is 79.9. The molecule has 0 bridgehead atoms. The predicted molar refractivity (Wildman–Crippen MR) is 90.8 cm³/mol. The van der Waals surface area contributed by atoms with Crippen molar-refractivity contribution in [3.05, 3.63) is 0 Å². The minimum Gasteiger partial charge on any atom is -0.393 e. The van der Waals surface area contributed by atoms with Crippen molar-refractivity contribution >= 4 is 21.7 Å². The van der Waals surface area contributed by atoms with Crippen LogP contribution in [-0.2, 0) is 4.79 Å². The van der Waals surface area contributed by atoms with Gasteiger partial charge in [-0.25, -0.2) is 0 Å². The van der Waals surface area contributed by atoms with E-state index in [0.717, 1.165) is 25.7 Å². The smallest absolute Gasteiger partial charge is 0.152 e. The van der Waals surface area contributed by atoms with Crippen LogP contribution in [0.4, 0.5) is 0 Å². The summed E-state index contributed by atoms with van der Waals surface area (Å²) in [7, 11) is 0. The molecule has 0 amide bonds. The number of fused-ring (bicyclic) bond motifs is 5. The van der Waals surface area contributed by atoms with E-state index in [-0.39, 0.29) is 16.3 Å². The molecule has 4 aliphatic rings. The summed E-state index contributed by atoms with van der Waals surface area (Å²) in [5.74, 6) is 2.48. The second-order valence-electron chi connectivity index (χ2n) is 9.07. The quantitative estimate of drug-likeness (QED) is 0.646. The summed E-state index contributed by atoms with van der Waals surface area (Å²) in [5.41, 5.74) is 0.227. The SMILES string of the molecule is C[C@]12CCCCC1C[C@H](O)[C@@H]1[C@@H]2CC[C@]2(C)C(=O)[C@H](Br)C[C@@H]12. The van der Waals surface area contributed by atoms with Crippen molar-refractivity contribution in [2.24, 2.45) is 34.5 Å². The van der Waals surface area contributed by atoms with Gasteiger partial charge in [-0.15, -0.1) is 0 Å². The molecule has 3 heteroatoms. The Labute approximate surface area is 142 Å². The van der Waals surface area contributed by atoms with Gasteiger partial charge >= 0.3 is 0 Å². The van der Waals surface area contributed by atoms with E-state index in [9.17, 15) is 9.90 Å². The number of aliphatic hydroxyl groups excluding tert-OH is 1. The van der Waals surface area contributed by atoms with Crippen LogP contribution in [0.15, 0.2) is 0 Å². The zero-order valence-corrected chi connectivity index (χ0v) is 15.4. The molecule has 0 saturated heterocycles. The number of ketones is 1. The first-order valence-electron chi connectivity index (χ1n) is 9.24. The van der Waals surface area contributed by atoms with Gasteiger partial charge in [0.2, 0.25) is 0 Å². The van der Waals surface area contributed by atoms with Crippen molar-refractivity contribution in [3.63, 3.8) is 0 Å². The number of halogens is 1. The second-order valence-corrected chi connectivity index (χ2v) is 10.2. The maximum atomic E-state index is 12.7. The van der Waals surface area contributed by atoms with Crippen LogP contribution < -0.4 is 0 Å². The van der Waals surface area contributed by atoms with E-state index in [2.05, 4.69) is 29.8 Å². The van der Waals surface area contributed by atoms with Crippen LogP contribution in [-0.4, -0.2) is 21.8 Å². The van der Waals surface area contributed by atoms with Crippen molar-refractivity contribution in [2.75, 3.05) is 0 Å². The molecule has 0 aromatic rings. The van der Waals surface area contributed by atoms with Crippen molar-refractivity contribution < 1.29 is 9.90 Å². The molecule has 0 radical (unpaired) electrons. The van der Waals surface area contributed by atoms with Crippen LogP contribution in [0.1, 0.15) is 65.2 Å². The van der Waals surface area contributed by atoms with E-state index in [1.54, 1.807) is 0 Å². The van der Waals surface area contributed by atoms with Gasteiger partial charge in [-0.1, -0.05) is 42.6 Å². The summed E-state index contributed by atoms with van der Waals surface area (Å²) < 4.78 is 0. The molecule has 2 nitrogen and oxygen atoms in total. The Morgan fingerprint density at radius 1 is 1.09 bits per heavy atom. The Hall–Kier alpha value is 0.110. The first-order chi connectivity index (χ1) is 10.4. The van der Waals surface area contributed by atoms with E-state index >= 15 is 0 Å². The molecule has 22 heavy (non-hydrogen) atoms. The topological polar surface area (TPSA) is 37.3 Å². The summed E-state index contributed by atoms with van der Waals surface area (Å²) in [6.45, 7) is 4.69. The number of carbonyl (C=O) groups excluding carboxylic acids is 1. The molecule has 0 aromatic carbocycles. The number of Topliss-reactive ketones (excluding diaryl/α,β-unsaturated/α-hetero) is 1. The number of carbonyl (C=O) groups is 1. The monoisotopic (exact) mass is 368 g/mol. The standard InChI is InChI=1S/C19H29BrO2/c1-18-7-4-3-5-11(18)9-15(21)16-12(18)6-8-19(2)13(16)10-14(20)17(19)22/h11-16,21H,3-10H2,1-2H3/t11?,12-,13-,14+,15-,16+,18-,19-/m0/s1. The summed E-state index contributed by atoms with van der Waals surface area (Å²) in [6.07, 6.45) is 9.25. The molecule has 124 valence electrons. The Kier molecular flexibility index (Phi) is 3.59. The Bertz CT molecular complexity index is 492. The molecule has 1 unspecified atom stereocenters. The molecule has 4 fully saturated rings. The summed E-state index contributed by atoms with van der Waals surface area (Å²) >= 11 is 3.62. The number of hydrogen-bond acceptors (Lipinski definition) is 2. The van der Waals surface area contributed by atoms with Crippen molar-refractivity contribution in [2.45, 2.75) is 76.1 Å². The highest BCUT2D eigenvalue weighted by Crippen LogP contribution is 2.65. The third kappa shape index (κ3) is 1.90. The van der Waals surface area contributed by atoms with E-state index in [4.69, 9.17) is 0 Å². The van der Waals surface area contributed by atoms with Gasteiger partial charge in [0.1, 0.15) is 0 Å². The third-order valence-corrected chi connectivity index (χ3v) is 9.09. The van der Waals surface area contributed by atoms with E-state index in [1.807, 2.05) is 0 Å². The Morgan fingerprint density at radius 2 is 1.86 bits per heavy atom. The molecule has 0 spiro atoms. The Morgan fingerprint density at radius 3 is 2.64 bits per heavy atom. The van der Waals surface area contributed by atoms with Gasteiger partial charge in [-0.2, -0.15) is 0 Å². The minimum atomic E-state index is -0.186. The van der Waals surface area contributed by atoms with Crippen molar-refractivity contribution in [1.29, 1.82) is 0 Å². The van der Waals surface area contributed by atoms with Gasteiger partial charge in [0.25, 0.3) is 0 Å². The van der Waals surface area contributed by atoms with E-state index in [0.29, 0.717) is 34.9 Å². The lowest BCUT2D eigenvalue weighted by molar-refractivity contribution is -0.163. The van der Waals surface area contributed by atoms with Gasteiger partial charge in [0.05, 0.1) is 10.9 Å². The average molecular weight is 369 g/mol. The van der Waals surface area contributed by atoms with E-state index < -0.39 is 0 Å². The maximum Gasteiger partial charge on any atom is 0.152 e. The van der Waals surface area contributed by atoms with Gasteiger partial charge < -0.3 is 5.11 Å². The normalized spacial score (nSPS) is 57.9. The van der Waals surface area contributed by atoms with Crippen molar-refractivity contribution in [1.82, 2.24) is 0 Å². The van der Waals surface area contributed by atoms with Crippen LogP contribution >= 0.6 is 15.9 Å². The number of rotatable bonds is 0. The van der Waals surface area contributed by atoms with Crippen LogP contribution in [0.5, 0.6) is 0 Å². The number of alkyl halides is 1. The zero-order chi connectivity index (χ0) is 15.7. The summed E-state index contributed by atoms with van der Waals surface area (Å²) in [4.78, 5) is 12.7. The molecule has 1 N–H and O–H groups in total. The van der Waals surface area contributed by atoms with Crippen LogP contribution in [0.2, 0.25) is 0 Å². The molecular weight excluding hydrogens is 340 g/mol. The molecule has 4 aliphatic carbocycles. The molecule has 8 atom stereocenters. The lowest BCUT2D eigenvalue weighted by Gasteiger charge is -2.60. The predicted octanol–water partition coefficient (Wildman–Crippen LogP) is 4.33. The van der Waals surface area contributed by atoms with Gasteiger partial charge in [-0.05, 0) is 67.6 Å². The van der Waals surface area contributed by atoms with Crippen molar-refractivity contribution in [3.8, 4) is 0 Å². The van der Waals surface area contributed by atoms with E-state index in [1.165, 1.54) is 25.7 Å². The van der Waals surface area contributed by atoms with Crippen LogP contribution in [0, 0.1) is 34.5 Å². The van der Waals surface area contributed by atoms with Gasteiger partial charge in [-0.3, -0.25) is 4.79 Å². The first-order valence-corrected chi connectivity index (χ1v) is 10.2. The third-order valence-electron chi connectivity index (χ3n) is 8.30. The molecule has 0 heterocycles. The first kappa shape index (κ1) is 15.6. The molecule has 4 rings (SSSR count). The zero-order valence-electron chi connectivity index (χ0n) is 13.9. The molecule has 0 aromatic heterocycles. The van der Waals surface area contributed by atoms with Crippen LogP contribution in [0.3, 0.4) is 0 Å². The maximum absolute atomic E-state index is 12.7. The lowest BCUT2D eigenvalue weighted by Crippen LogP contribution is -2.57.